The number of hydrogen-bond donors (Lipinski definition) is 5. The van der Waals surface area contributed by atoms with Gasteiger partial charge in [-0.15, -0.1) is 12.4 Å². The molecule has 0 aliphatic carbocycles. The van der Waals surface area contributed by atoms with Crippen LogP contribution >= 0.6 is 12.4 Å². The highest BCUT2D eigenvalue weighted by Gasteiger charge is 2.41. The first kappa shape index (κ1) is 13.1. The Hall–Kier alpha value is 0.0500. The summed E-state index contributed by atoms with van der Waals surface area (Å²) in [4.78, 5) is 0. The van der Waals surface area contributed by atoms with Gasteiger partial charge in [0.05, 0.1) is 12.6 Å². The number of aliphatic hydroxyl groups is 4. The molecule has 0 saturated carbocycles. The molecular formula is C6H14ClNO5. The Kier molecular flexibility index (Phi) is 5.08. The van der Waals surface area contributed by atoms with Crippen LogP contribution in [0.4, 0.5) is 0 Å². The standard InChI is InChI=1S/C6H13NO5.ClH/c7-3-5(10)4(9)2(1-8)12-6(3)11;/h2-6,8-11H,1,7H2;1H/t2-,3+,4-,5-,6-;/m1./s1. The number of nitrogens with two attached hydrogens (primary N) is 1. The summed E-state index contributed by atoms with van der Waals surface area (Å²) >= 11 is 0. The Morgan fingerprint density at radius 3 is 2.15 bits per heavy atom. The molecule has 0 aromatic rings. The van der Waals surface area contributed by atoms with Crippen molar-refractivity contribution in [2.24, 2.45) is 5.73 Å². The molecule has 0 bridgehead atoms. The summed E-state index contributed by atoms with van der Waals surface area (Å²) in [7, 11) is 0. The molecule has 0 aromatic heterocycles. The average Bonchev–Trinajstić information content (AvgIpc) is 2.08. The topological polar surface area (TPSA) is 116 Å². The number of ether oxygens (including phenoxy) is 1. The molecule has 6 nitrogen and oxygen atoms in total. The van der Waals surface area contributed by atoms with E-state index in [1.54, 1.807) is 0 Å². The Balaban J connectivity index is 0.00000144. The monoisotopic (exact) mass is 215 g/mol. The third-order valence-electron chi connectivity index (χ3n) is 1.95. The Morgan fingerprint density at radius 1 is 1.15 bits per heavy atom. The van der Waals surface area contributed by atoms with Gasteiger partial charge in [-0.1, -0.05) is 0 Å². The summed E-state index contributed by atoms with van der Waals surface area (Å²) in [6.07, 6.45) is -4.85. The lowest BCUT2D eigenvalue weighted by atomic mass is 9.98. The molecule has 0 spiro atoms. The number of aliphatic hydroxyl groups excluding tert-OH is 4. The molecule has 0 radical (unpaired) electrons. The smallest absolute Gasteiger partial charge is 0.173 e. The maximum Gasteiger partial charge on any atom is 0.173 e. The van der Waals surface area contributed by atoms with Crippen LogP contribution in [0.5, 0.6) is 0 Å². The van der Waals surface area contributed by atoms with E-state index in [1.807, 2.05) is 0 Å². The third-order valence-corrected chi connectivity index (χ3v) is 1.95. The quantitative estimate of drug-likeness (QED) is 0.322. The Morgan fingerprint density at radius 2 is 1.69 bits per heavy atom. The Bertz CT molecular complexity index is 155. The zero-order chi connectivity index (χ0) is 9.30. The summed E-state index contributed by atoms with van der Waals surface area (Å²) in [5, 5.41) is 36.1. The second kappa shape index (κ2) is 5.06. The normalized spacial score (nSPS) is 45.5. The Labute approximate surface area is 81.3 Å². The number of rotatable bonds is 1. The van der Waals surface area contributed by atoms with Crippen LogP contribution in [0.2, 0.25) is 0 Å². The summed E-state index contributed by atoms with van der Waals surface area (Å²) < 4.78 is 4.70. The predicted octanol–water partition coefficient (Wildman–Crippen LogP) is -2.83. The summed E-state index contributed by atoms with van der Waals surface area (Å²) in [6.45, 7) is -0.470. The van der Waals surface area contributed by atoms with Gasteiger partial charge in [-0.3, -0.25) is 0 Å². The summed E-state index contributed by atoms with van der Waals surface area (Å²) in [5.74, 6) is 0. The van der Waals surface area contributed by atoms with E-state index in [9.17, 15) is 10.2 Å². The first-order valence-electron chi connectivity index (χ1n) is 3.64. The minimum Gasteiger partial charge on any atom is -0.394 e. The summed E-state index contributed by atoms with van der Waals surface area (Å²) in [5.41, 5.74) is 5.26. The van der Waals surface area contributed by atoms with Gasteiger partial charge in [0.25, 0.3) is 0 Å². The molecule has 1 aliphatic heterocycles. The van der Waals surface area contributed by atoms with Gasteiger partial charge < -0.3 is 30.9 Å². The first-order chi connectivity index (χ1) is 5.57. The van der Waals surface area contributed by atoms with Gasteiger partial charge in [-0.25, -0.2) is 0 Å². The van der Waals surface area contributed by atoms with Crippen LogP contribution in [0, 0.1) is 0 Å². The lowest BCUT2D eigenvalue weighted by molar-refractivity contribution is -0.248. The van der Waals surface area contributed by atoms with E-state index in [-0.39, 0.29) is 12.4 Å². The maximum atomic E-state index is 9.20. The van der Waals surface area contributed by atoms with E-state index >= 15 is 0 Å². The minimum absolute atomic E-state index is 0. The predicted molar refractivity (Wildman–Crippen MR) is 45.2 cm³/mol. The lowest BCUT2D eigenvalue weighted by Crippen LogP contribution is -2.61. The van der Waals surface area contributed by atoms with Gasteiger partial charge in [0, 0.05) is 0 Å². The van der Waals surface area contributed by atoms with E-state index in [2.05, 4.69) is 0 Å². The molecule has 6 N–H and O–H groups in total. The molecule has 1 fully saturated rings. The summed E-state index contributed by atoms with van der Waals surface area (Å²) in [6, 6.07) is -1.04. The van der Waals surface area contributed by atoms with Crippen molar-refractivity contribution < 1.29 is 25.2 Å². The molecule has 0 amide bonds. The average molecular weight is 216 g/mol. The first-order valence-corrected chi connectivity index (χ1v) is 3.64. The molecular weight excluding hydrogens is 202 g/mol. The van der Waals surface area contributed by atoms with Crippen molar-refractivity contribution >= 4 is 12.4 Å². The third kappa shape index (κ3) is 2.50. The van der Waals surface area contributed by atoms with Crippen molar-refractivity contribution in [3.8, 4) is 0 Å². The molecule has 0 aromatic carbocycles. The van der Waals surface area contributed by atoms with Crippen LogP contribution in [0.15, 0.2) is 0 Å². The van der Waals surface area contributed by atoms with Gasteiger partial charge in [-0.2, -0.15) is 0 Å². The van der Waals surface area contributed by atoms with Crippen LogP contribution < -0.4 is 5.73 Å². The molecule has 80 valence electrons. The molecule has 1 saturated heterocycles. The van der Waals surface area contributed by atoms with Crippen LogP contribution in [-0.2, 0) is 4.74 Å². The fourth-order valence-electron chi connectivity index (χ4n) is 1.12. The highest BCUT2D eigenvalue weighted by Crippen LogP contribution is 2.17. The van der Waals surface area contributed by atoms with Crippen LogP contribution in [0.25, 0.3) is 0 Å². The second-order valence-electron chi connectivity index (χ2n) is 2.81. The van der Waals surface area contributed by atoms with E-state index in [4.69, 9.17) is 20.7 Å². The van der Waals surface area contributed by atoms with E-state index in [0.29, 0.717) is 0 Å². The van der Waals surface area contributed by atoms with Crippen molar-refractivity contribution in [2.75, 3.05) is 6.61 Å². The largest absolute Gasteiger partial charge is 0.394 e. The van der Waals surface area contributed by atoms with E-state index in [1.165, 1.54) is 0 Å². The number of hydrogen-bond acceptors (Lipinski definition) is 6. The van der Waals surface area contributed by atoms with Crippen molar-refractivity contribution in [3.63, 3.8) is 0 Å². The van der Waals surface area contributed by atoms with Gasteiger partial charge in [0.2, 0.25) is 0 Å². The zero-order valence-electron chi connectivity index (χ0n) is 6.78. The van der Waals surface area contributed by atoms with Gasteiger partial charge in [-0.05, 0) is 0 Å². The van der Waals surface area contributed by atoms with Crippen molar-refractivity contribution in [2.45, 2.75) is 30.6 Å². The van der Waals surface area contributed by atoms with Crippen LogP contribution in [0.3, 0.4) is 0 Å². The van der Waals surface area contributed by atoms with Gasteiger partial charge in [0.1, 0.15) is 18.3 Å². The van der Waals surface area contributed by atoms with Crippen molar-refractivity contribution in [1.82, 2.24) is 0 Å². The maximum absolute atomic E-state index is 9.20. The minimum atomic E-state index is -1.35. The zero-order valence-corrected chi connectivity index (χ0v) is 7.59. The molecule has 1 aliphatic rings. The highest BCUT2D eigenvalue weighted by atomic mass is 35.5. The van der Waals surface area contributed by atoms with Gasteiger partial charge >= 0.3 is 0 Å². The fraction of sp³-hybridized carbons (Fsp3) is 1.00. The molecule has 1 rings (SSSR count). The fourth-order valence-corrected chi connectivity index (χ4v) is 1.12. The molecule has 0 unspecified atom stereocenters. The van der Waals surface area contributed by atoms with Crippen molar-refractivity contribution in [1.29, 1.82) is 0 Å². The second-order valence-corrected chi connectivity index (χ2v) is 2.81. The lowest BCUT2D eigenvalue weighted by Gasteiger charge is -2.38. The molecule has 1 heterocycles. The van der Waals surface area contributed by atoms with Crippen molar-refractivity contribution in [3.05, 3.63) is 0 Å². The van der Waals surface area contributed by atoms with Crippen LogP contribution in [0.1, 0.15) is 0 Å². The number of halogens is 1. The van der Waals surface area contributed by atoms with E-state index < -0.39 is 37.3 Å². The van der Waals surface area contributed by atoms with E-state index in [0.717, 1.165) is 0 Å². The molecule has 7 heteroatoms. The van der Waals surface area contributed by atoms with Gasteiger partial charge in [0.15, 0.2) is 6.29 Å². The SMILES string of the molecule is Cl.N[C@H]1[C@@H](O)[C@H](O)[C@@H](CO)O[C@H]1O. The van der Waals surface area contributed by atoms with Crippen LogP contribution in [-0.4, -0.2) is 57.7 Å². The molecule has 5 atom stereocenters. The molecule has 13 heavy (non-hydrogen) atoms. The highest BCUT2D eigenvalue weighted by molar-refractivity contribution is 5.85.